The number of nitrogens with zero attached hydrogens (tertiary/aromatic N) is 5. The van der Waals surface area contributed by atoms with Crippen LogP contribution in [0, 0.1) is 5.82 Å². The van der Waals surface area contributed by atoms with Crippen LogP contribution in [0.15, 0.2) is 48.3 Å². The van der Waals surface area contributed by atoms with Crippen LogP contribution < -0.4 is 16.0 Å². The zero-order chi connectivity index (χ0) is 26.4. The molecule has 196 valence electrons. The Morgan fingerprint density at radius 3 is 2.68 bits per heavy atom. The predicted molar refractivity (Wildman–Crippen MR) is 143 cm³/mol. The molecule has 3 fully saturated rings. The number of carbonyl (C=O) groups is 2. The van der Waals surface area contributed by atoms with Crippen LogP contribution in [0.2, 0.25) is 0 Å². The van der Waals surface area contributed by atoms with Gasteiger partial charge < -0.3 is 25.8 Å². The molecule has 0 radical (unpaired) electrons. The van der Waals surface area contributed by atoms with Crippen molar-refractivity contribution in [3.05, 3.63) is 65.3 Å². The molecule has 0 atom stereocenters. The van der Waals surface area contributed by atoms with Crippen LogP contribution in [0.4, 0.5) is 21.7 Å². The van der Waals surface area contributed by atoms with Crippen molar-refractivity contribution in [2.45, 2.75) is 25.3 Å². The Bertz CT molecular complexity index is 1480. The molecule has 2 saturated heterocycles. The molecule has 0 spiro atoms. The molecule has 3 aromatic rings. The first-order chi connectivity index (χ1) is 18.3. The Kier molecular flexibility index (Phi) is 6.07. The first kappa shape index (κ1) is 24.1. The summed E-state index contributed by atoms with van der Waals surface area (Å²) in [6.45, 7) is 6.75. The maximum atomic E-state index is 15.2. The minimum absolute atomic E-state index is 0.103. The zero-order valence-electron chi connectivity index (χ0n) is 21.1. The fourth-order valence-electron chi connectivity index (χ4n) is 4.66. The molecule has 1 saturated carbocycles. The van der Waals surface area contributed by atoms with E-state index in [1.54, 1.807) is 33.8 Å². The van der Waals surface area contributed by atoms with E-state index < -0.39 is 5.82 Å². The number of anilines is 3. The Hall–Kier alpha value is -4.25. The minimum Gasteiger partial charge on any atom is -0.367 e. The van der Waals surface area contributed by atoms with Crippen molar-refractivity contribution in [1.29, 1.82) is 0 Å². The van der Waals surface area contributed by atoms with E-state index in [0.717, 1.165) is 37.3 Å². The number of allylic oxidation sites excluding steroid dienone is 1. The molecule has 2 aliphatic heterocycles. The lowest BCUT2D eigenvalue weighted by atomic mass is 10.1. The smallest absolute Gasteiger partial charge is 0.254 e. The van der Waals surface area contributed by atoms with Gasteiger partial charge in [-0.2, -0.15) is 9.61 Å². The number of carbonyl (C=O) groups excluding carboxylic acids is 2. The molecule has 2 amide bonds. The van der Waals surface area contributed by atoms with Gasteiger partial charge in [0, 0.05) is 55.1 Å². The molecule has 2 aromatic heterocycles. The Morgan fingerprint density at radius 1 is 1.21 bits per heavy atom. The second-order valence-corrected chi connectivity index (χ2v) is 10.1. The molecule has 10 nitrogen and oxygen atoms in total. The molecule has 1 aliphatic carbocycles. The average Bonchev–Trinajstić information content (AvgIpc) is 3.53. The number of amides is 2. The first-order valence-electron chi connectivity index (χ1n) is 12.7. The number of fused-ring (bicyclic) bond motifs is 1. The normalized spacial score (nSPS) is 19.3. The van der Waals surface area contributed by atoms with Gasteiger partial charge in [0.25, 0.3) is 5.91 Å². The highest BCUT2D eigenvalue weighted by atomic mass is 19.1. The molecule has 3 aliphatic rings. The van der Waals surface area contributed by atoms with Crippen LogP contribution in [0.1, 0.15) is 35.2 Å². The number of hydrogen-bond acceptors (Lipinski definition) is 7. The molecular weight excluding hydrogens is 487 g/mol. The largest absolute Gasteiger partial charge is 0.367 e. The Morgan fingerprint density at radius 2 is 2.00 bits per heavy atom. The van der Waals surface area contributed by atoms with Gasteiger partial charge in [-0.15, -0.1) is 0 Å². The second-order valence-electron chi connectivity index (χ2n) is 10.1. The maximum Gasteiger partial charge on any atom is 0.254 e. The van der Waals surface area contributed by atoms with E-state index >= 15 is 4.39 Å². The third-order valence-electron chi connectivity index (χ3n) is 7.06. The maximum absolute atomic E-state index is 15.2. The van der Waals surface area contributed by atoms with E-state index in [-0.39, 0.29) is 23.9 Å². The van der Waals surface area contributed by atoms with Crippen LogP contribution in [0.25, 0.3) is 11.7 Å². The lowest BCUT2D eigenvalue weighted by Gasteiger charge is -2.32. The van der Waals surface area contributed by atoms with Crippen molar-refractivity contribution in [3.8, 4) is 0 Å². The predicted octanol–water partition coefficient (Wildman–Crippen LogP) is 2.99. The Labute approximate surface area is 219 Å². The summed E-state index contributed by atoms with van der Waals surface area (Å²) in [6, 6.07) is 6.62. The molecule has 0 bridgehead atoms. The number of nitrogens with one attached hydrogen (secondary N) is 3. The van der Waals surface area contributed by atoms with Gasteiger partial charge in [-0.1, -0.05) is 6.58 Å². The SMILES string of the molecule is C=C1NC(=O)C/C1=C\c1cnn2c(NC3CC3)cc(Nc3ccc(C(=O)N4CCN(C)CC4)cc3F)nc12. The van der Waals surface area contributed by atoms with Crippen LogP contribution in [-0.4, -0.2) is 75.5 Å². The monoisotopic (exact) mass is 516 g/mol. The third-order valence-corrected chi connectivity index (χ3v) is 7.06. The molecular formula is C27H29FN8O2. The summed E-state index contributed by atoms with van der Waals surface area (Å²) < 4.78 is 16.9. The van der Waals surface area contributed by atoms with Crippen molar-refractivity contribution in [3.63, 3.8) is 0 Å². The van der Waals surface area contributed by atoms with Crippen molar-refractivity contribution < 1.29 is 14.0 Å². The number of piperazine rings is 1. The van der Waals surface area contributed by atoms with Gasteiger partial charge in [0.05, 0.1) is 18.3 Å². The summed E-state index contributed by atoms with van der Waals surface area (Å²) in [5, 5.41) is 13.7. The zero-order valence-corrected chi connectivity index (χ0v) is 21.1. The topological polar surface area (TPSA) is 107 Å². The lowest BCUT2D eigenvalue weighted by molar-refractivity contribution is -0.118. The summed E-state index contributed by atoms with van der Waals surface area (Å²) >= 11 is 0. The van der Waals surface area contributed by atoms with Crippen molar-refractivity contribution in [2.24, 2.45) is 0 Å². The van der Waals surface area contributed by atoms with Crippen LogP contribution in [0.3, 0.4) is 0 Å². The average molecular weight is 517 g/mol. The number of halogens is 1. The highest BCUT2D eigenvalue weighted by molar-refractivity contribution is 5.95. The quantitative estimate of drug-likeness (QED) is 0.463. The van der Waals surface area contributed by atoms with Crippen molar-refractivity contribution >= 4 is 40.9 Å². The van der Waals surface area contributed by atoms with E-state index in [1.807, 2.05) is 13.1 Å². The number of likely N-dealkylation sites (N-methyl/N-ethyl adjacent to an activating group) is 1. The fraction of sp³-hybridized carbons (Fsp3) is 0.333. The van der Waals surface area contributed by atoms with Crippen molar-refractivity contribution in [1.82, 2.24) is 29.7 Å². The van der Waals surface area contributed by atoms with E-state index in [4.69, 9.17) is 4.98 Å². The van der Waals surface area contributed by atoms with Gasteiger partial charge in [-0.05, 0) is 49.7 Å². The summed E-state index contributed by atoms with van der Waals surface area (Å²) in [7, 11) is 2.02. The number of hydrogen-bond donors (Lipinski definition) is 3. The molecule has 4 heterocycles. The molecule has 3 N–H and O–H groups in total. The standard InChI is InChI=1S/C27H29FN8O2/c1-16-18(13-25(37)30-16)11-19-15-29-36-24(31-20-4-5-20)14-23(33-26(19)36)32-22-6-3-17(12-21(22)28)27(38)35-9-7-34(2)8-10-35/h3,6,11-12,14-15,20,31H,1,4-5,7-10,13H2,2H3,(H,30,37)(H,32,33)/b18-11+. The van der Waals surface area contributed by atoms with Gasteiger partial charge in [-0.3, -0.25) is 9.59 Å². The van der Waals surface area contributed by atoms with Crippen LogP contribution in [-0.2, 0) is 4.79 Å². The summed E-state index contributed by atoms with van der Waals surface area (Å²) in [5.74, 6) is 0.348. The summed E-state index contributed by atoms with van der Waals surface area (Å²) in [5.41, 5.74) is 3.14. The van der Waals surface area contributed by atoms with Gasteiger partial charge in [0.15, 0.2) is 5.65 Å². The molecule has 11 heteroatoms. The summed E-state index contributed by atoms with van der Waals surface area (Å²) in [4.78, 5) is 33.3. The van der Waals surface area contributed by atoms with E-state index in [9.17, 15) is 9.59 Å². The van der Waals surface area contributed by atoms with E-state index in [2.05, 4.69) is 32.5 Å². The molecule has 6 rings (SSSR count). The molecule has 38 heavy (non-hydrogen) atoms. The van der Waals surface area contributed by atoms with Gasteiger partial charge >= 0.3 is 0 Å². The van der Waals surface area contributed by atoms with E-state index in [1.165, 1.54) is 6.07 Å². The highest BCUT2D eigenvalue weighted by Crippen LogP contribution is 2.30. The third kappa shape index (κ3) is 4.84. The fourth-order valence-corrected chi connectivity index (χ4v) is 4.66. The van der Waals surface area contributed by atoms with E-state index in [0.29, 0.717) is 47.4 Å². The van der Waals surface area contributed by atoms with Crippen molar-refractivity contribution in [2.75, 3.05) is 43.9 Å². The summed E-state index contributed by atoms with van der Waals surface area (Å²) in [6.07, 6.45) is 5.91. The van der Waals surface area contributed by atoms with Gasteiger partial charge in [-0.25, -0.2) is 9.37 Å². The Balaban J connectivity index is 1.29. The number of benzene rings is 1. The first-order valence-corrected chi connectivity index (χ1v) is 12.7. The molecule has 1 aromatic carbocycles. The number of rotatable bonds is 6. The molecule has 0 unspecified atom stereocenters. The van der Waals surface area contributed by atoms with Gasteiger partial charge in [0.2, 0.25) is 5.91 Å². The van der Waals surface area contributed by atoms with Crippen LogP contribution >= 0.6 is 0 Å². The highest BCUT2D eigenvalue weighted by Gasteiger charge is 2.25. The minimum atomic E-state index is -0.536. The van der Waals surface area contributed by atoms with Crippen LogP contribution in [0.5, 0.6) is 0 Å². The second kappa shape index (κ2) is 9.56. The lowest BCUT2D eigenvalue weighted by Crippen LogP contribution is -2.47. The number of aromatic nitrogens is 3. The van der Waals surface area contributed by atoms with Gasteiger partial charge in [0.1, 0.15) is 17.5 Å².